The maximum absolute atomic E-state index is 12.1. The van der Waals surface area contributed by atoms with Gasteiger partial charge in [0.05, 0.1) is 10.6 Å². The third-order valence-corrected chi connectivity index (χ3v) is 4.22. The number of esters is 1. The number of ether oxygens (including phenoxy) is 1. The molecule has 1 aromatic rings. The minimum Gasteiger partial charge on any atom is -0.458 e. The zero-order valence-electron chi connectivity index (χ0n) is 11.6. The minimum absolute atomic E-state index is 0.0324. The standard InChI is InChI=1S/C15H20ClNO2/c1-10-9-17(3)11(2)8-14(10)19-15(18)12-6-4-5-7-13(12)16/h4-7,10-11,14H,8-9H2,1-3H3/t10-,11+,14+/m1/s1. The molecule has 0 unspecified atom stereocenters. The number of rotatable bonds is 2. The molecule has 104 valence electrons. The molecule has 0 aliphatic carbocycles. The summed E-state index contributed by atoms with van der Waals surface area (Å²) in [7, 11) is 2.10. The van der Waals surface area contributed by atoms with Crippen molar-refractivity contribution in [2.24, 2.45) is 5.92 Å². The highest BCUT2D eigenvalue weighted by Crippen LogP contribution is 2.25. The van der Waals surface area contributed by atoms with E-state index in [1.807, 2.05) is 0 Å². The average Bonchev–Trinajstić information content (AvgIpc) is 2.36. The van der Waals surface area contributed by atoms with Crippen LogP contribution in [0.5, 0.6) is 0 Å². The van der Waals surface area contributed by atoms with Crippen LogP contribution in [0.3, 0.4) is 0 Å². The second-order valence-corrected chi connectivity index (χ2v) is 5.83. The van der Waals surface area contributed by atoms with Gasteiger partial charge in [0.15, 0.2) is 0 Å². The van der Waals surface area contributed by atoms with Crippen LogP contribution in [0.4, 0.5) is 0 Å². The molecule has 3 nitrogen and oxygen atoms in total. The molecular weight excluding hydrogens is 262 g/mol. The predicted molar refractivity (Wildman–Crippen MR) is 76.5 cm³/mol. The lowest BCUT2D eigenvalue weighted by Crippen LogP contribution is -2.46. The second kappa shape index (κ2) is 5.93. The van der Waals surface area contributed by atoms with Gasteiger partial charge in [0.2, 0.25) is 0 Å². The molecule has 1 aromatic carbocycles. The van der Waals surface area contributed by atoms with Gasteiger partial charge in [-0.15, -0.1) is 0 Å². The number of hydrogen-bond acceptors (Lipinski definition) is 3. The number of carbonyl (C=O) groups is 1. The zero-order valence-corrected chi connectivity index (χ0v) is 12.4. The summed E-state index contributed by atoms with van der Waals surface area (Å²) in [5, 5.41) is 0.445. The lowest BCUT2D eigenvalue weighted by Gasteiger charge is -2.39. The Morgan fingerprint density at radius 2 is 2.05 bits per heavy atom. The van der Waals surface area contributed by atoms with Gasteiger partial charge in [0, 0.05) is 18.5 Å². The predicted octanol–water partition coefficient (Wildman–Crippen LogP) is 3.23. The van der Waals surface area contributed by atoms with Crippen molar-refractivity contribution in [3.63, 3.8) is 0 Å². The molecule has 0 saturated carbocycles. The monoisotopic (exact) mass is 281 g/mol. The number of piperidine rings is 1. The van der Waals surface area contributed by atoms with Gasteiger partial charge in [-0.3, -0.25) is 0 Å². The summed E-state index contributed by atoms with van der Waals surface area (Å²) in [6, 6.07) is 7.44. The van der Waals surface area contributed by atoms with Crippen molar-refractivity contribution >= 4 is 17.6 Å². The van der Waals surface area contributed by atoms with Crippen molar-refractivity contribution in [3.8, 4) is 0 Å². The maximum Gasteiger partial charge on any atom is 0.339 e. The fraction of sp³-hybridized carbons (Fsp3) is 0.533. The van der Waals surface area contributed by atoms with E-state index >= 15 is 0 Å². The van der Waals surface area contributed by atoms with Gasteiger partial charge in [-0.1, -0.05) is 30.7 Å². The first-order chi connectivity index (χ1) is 8.99. The smallest absolute Gasteiger partial charge is 0.339 e. The van der Waals surface area contributed by atoms with E-state index < -0.39 is 0 Å². The van der Waals surface area contributed by atoms with E-state index in [1.165, 1.54) is 0 Å². The fourth-order valence-electron chi connectivity index (χ4n) is 2.49. The number of benzene rings is 1. The number of nitrogens with zero attached hydrogens (tertiary/aromatic N) is 1. The molecule has 1 heterocycles. The fourth-order valence-corrected chi connectivity index (χ4v) is 2.71. The van der Waals surface area contributed by atoms with Gasteiger partial charge in [0.25, 0.3) is 0 Å². The van der Waals surface area contributed by atoms with E-state index in [0.29, 0.717) is 22.5 Å². The highest BCUT2D eigenvalue weighted by molar-refractivity contribution is 6.33. The van der Waals surface area contributed by atoms with Gasteiger partial charge < -0.3 is 9.64 Å². The first-order valence-corrected chi connectivity index (χ1v) is 7.02. The van der Waals surface area contributed by atoms with Crippen molar-refractivity contribution in [1.29, 1.82) is 0 Å². The Balaban J connectivity index is 2.05. The molecule has 1 aliphatic rings. The molecule has 3 atom stereocenters. The van der Waals surface area contributed by atoms with Crippen molar-refractivity contribution < 1.29 is 9.53 Å². The Bertz CT molecular complexity index is 463. The van der Waals surface area contributed by atoms with Crippen LogP contribution in [-0.4, -0.2) is 36.6 Å². The lowest BCUT2D eigenvalue weighted by molar-refractivity contribution is -0.0196. The largest absolute Gasteiger partial charge is 0.458 e. The number of likely N-dealkylation sites (tertiary alicyclic amines) is 1. The van der Waals surface area contributed by atoms with Crippen molar-refractivity contribution in [2.45, 2.75) is 32.4 Å². The quantitative estimate of drug-likeness (QED) is 0.780. The van der Waals surface area contributed by atoms with Crippen LogP contribution in [0.15, 0.2) is 24.3 Å². The normalized spacial score (nSPS) is 28.1. The molecule has 2 rings (SSSR count). The average molecular weight is 282 g/mol. The van der Waals surface area contributed by atoms with E-state index in [2.05, 4.69) is 25.8 Å². The number of carbonyl (C=O) groups excluding carboxylic acids is 1. The van der Waals surface area contributed by atoms with Gasteiger partial charge in [0.1, 0.15) is 6.10 Å². The molecule has 0 radical (unpaired) electrons. The molecule has 0 N–H and O–H groups in total. The Labute approximate surface area is 119 Å². The molecule has 19 heavy (non-hydrogen) atoms. The van der Waals surface area contributed by atoms with Gasteiger partial charge >= 0.3 is 5.97 Å². The molecule has 0 spiro atoms. The second-order valence-electron chi connectivity index (χ2n) is 5.43. The molecule has 1 saturated heterocycles. The molecule has 4 heteroatoms. The molecule has 0 amide bonds. The summed E-state index contributed by atoms with van der Waals surface area (Å²) in [6.07, 6.45) is 0.836. The first-order valence-electron chi connectivity index (χ1n) is 6.64. The molecular formula is C15H20ClNO2. The summed E-state index contributed by atoms with van der Waals surface area (Å²) in [5.74, 6) is 0.0202. The zero-order chi connectivity index (χ0) is 14.0. The van der Waals surface area contributed by atoms with Gasteiger partial charge in [-0.05, 0) is 32.5 Å². The topological polar surface area (TPSA) is 29.5 Å². The van der Waals surface area contributed by atoms with Crippen LogP contribution >= 0.6 is 11.6 Å². The molecule has 1 aliphatic heterocycles. The van der Waals surface area contributed by atoms with Crippen LogP contribution in [0, 0.1) is 5.92 Å². The summed E-state index contributed by atoms with van der Waals surface area (Å²) >= 11 is 6.02. The molecule has 1 fully saturated rings. The van der Waals surface area contributed by atoms with Gasteiger partial charge in [-0.25, -0.2) is 4.79 Å². The first kappa shape index (κ1) is 14.4. The van der Waals surface area contributed by atoms with Crippen LogP contribution in [0.25, 0.3) is 0 Å². The Hall–Kier alpha value is -1.06. The summed E-state index contributed by atoms with van der Waals surface area (Å²) in [4.78, 5) is 14.4. The Morgan fingerprint density at radius 3 is 2.74 bits per heavy atom. The minimum atomic E-state index is -0.320. The van der Waals surface area contributed by atoms with E-state index in [-0.39, 0.29) is 12.1 Å². The van der Waals surface area contributed by atoms with Gasteiger partial charge in [-0.2, -0.15) is 0 Å². The van der Waals surface area contributed by atoms with Crippen LogP contribution in [0.2, 0.25) is 5.02 Å². The van der Waals surface area contributed by atoms with E-state index in [1.54, 1.807) is 24.3 Å². The van der Waals surface area contributed by atoms with E-state index in [4.69, 9.17) is 16.3 Å². The summed E-state index contributed by atoms with van der Waals surface area (Å²) in [6.45, 7) is 5.22. The van der Waals surface area contributed by atoms with E-state index in [9.17, 15) is 4.79 Å². The van der Waals surface area contributed by atoms with Crippen LogP contribution in [0.1, 0.15) is 30.6 Å². The Morgan fingerprint density at radius 1 is 1.37 bits per heavy atom. The van der Waals surface area contributed by atoms with Crippen LogP contribution < -0.4 is 0 Å². The van der Waals surface area contributed by atoms with Crippen molar-refractivity contribution in [3.05, 3.63) is 34.9 Å². The lowest BCUT2D eigenvalue weighted by atomic mass is 9.92. The molecule has 0 aromatic heterocycles. The summed E-state index contributed by atoms with van der Waals surface area (Å²) in [5.41, 5.74) is 0.447. The molecule has 0 bridgehead atoms. The van der Waals surface area contributed by atoms with Crippen LogP contribution in [-0.2, 0) is 4.74 Å². The third-order valence-electron chi connectivity index (χ3n) is 3.89. The van der Waals surface area contributed by atoms with Crippen molar-refractivity contribution in [1.82, 2.24) is 4.90 Å². The number of hydrogen-bond donors (Lipinski definition) is 0. The highest BCUT2D eigenvalue weighted by atomic mass is 35.5. The van der Waals surface area contributed by atoms with Crippen molar-refractivity contribution in [2.75, 3.05) is 13.6 Å². The maximum atomic E-state index is 12.1. The van der Waals surface area contributed by atoms with E-state index in [0.717, 1.165) is 13.0 Å². The highest BCUT2D eigenvalue weighted by Gasteiger charge is 2.32. The Kier molecular flexibility index (Phi) is 4.48. The number of halogens is 1. The summed E-state index contributed by atoms with van der Waals surface area (Å²) < 4.78 is 5.64. The SMILES string of the molecule is C[C@@H]1CN(C)[C@@H](C)C[C@@H]1OC(=O)c1ccccc1Cl. The third kappa shape index (κ3) is 3.28.